The van der Waals surface area contributed by atoms with Crippen molar-refractivity contribution in [3.63, 3.8) is 0 Å². The topological polar surface area (TPSA) is 77.5 Å². The van der Waals surface area contributed by atoms with E-state index in [4.69, 9.17) is 0 Å². The van der Waals surface area contributed by atoms with Crippen molar-refractivity contribution >= 4 is 23.5 Å². The number of cyclic esters (lactones) is 2. The molecule has 0 saturated heterocycles. The largest absolute Gasteiger partial charge is 0.387 e. The third-order valence-electron chi connectivity index (χ3n) is 1.72. The van der Waals surface area contributed by atoms with Crippen molar-refractivity contribution in [1.82, 2.24) is 0 Å². The molecule has 1 saturated carbocycles. The summed E-state index contributed by atoms with van der Waals surface area (Å²) in [5, 5.41) is 0. The highest BCUT2D eigenvalue weighted by Gasteiger charge is 2.21. The quantitative estimate of drug-likeness (QED) is 0.363. The maximum Gasteiger partial charge on any atom is 0.338 e. The van der Waals surface area contributed by atoms with Gasteiger partial charge in [-0.3, -0.25) is 9.59 Å². The van der Waals surface area contributed by atoms with E-state index in [1.807, 2.05) is 0 Å². The van der Waals surface area contributed by atoms with E-state index < -0.39 is 11.9 Å². The normalized spacial score (nSPS) is 16.8. The van der Waals surface area contributed by atoms with E-state index in [0.29, 0.717) is 5.57 Å². The van der Waals surface area contributed by atoms with Crippen LogP contribution in [-0.2, 0) is 23.9 Å². The molecule has 0 bridgehead atoms. The number of ether oxygens (including phenoxy) is 1. The number of carbonyl (C=O) groups is 4. The first-order valence-electron chi connectivity index (χ1n) is 4.15. The molecule has 0 aromatic heterocycles. The van der Waals surface area contributed by atoms with Crippen LogP contribution in [0.25, 0.3) is 0 Å². The van der Waals surface area contributed by atoms with Gasteiger partial charge in [0.1, 0.15) is 5.78 Å². The van der Waals surface area contributed by atoms with Gasteiger partial charge in [-0.1, -0.05) is 21.4 Å². The smallest absolute Gasteiger partial charge is 0.338 e. The Morgan fingerprint density at radius 3 is 1.53 bits per heavy atom. The van der Waals surface area contributed by atoms with Gasteiger partial charge in [-0.05, 0) is 5.57 Å². The van der Waals surface area contributed by atoms with Gasteiger partial charge in [0.2, 0.25) is 0 Å². The van der Waals surface area contributed by atoms with Gasteiger partial charge in [-0.15, -0.1) is 0 Å². The molecule has 17 heavy (non-hydrogen) atoms. The number of hydrogen-bond donors (Lipinski definition) is 0. The highest BCUT2D eigenvalue weighted by molar-refractivity contribution is 6.16. The Kier molecular flexibility index (Phi) is 7.42. The van der Waals surface area contributed by atoms with Crippen LogP contribution in [0.5, 0.6) is 0 Å². The molecule has 0 N–H and O–H groups in total. The molecule has 0 unspecified atom stereocenters. The molecule has 94 valence electrons. The lowest BCUT2D eigenvalue weighted by molar-refractivity contribution is -0.150. The van der Waals surface area contributed by atoms with Gasteiger partial charge in [0.05, 0.1) is 6.42 Å². The predicted molar refractivity (Wildman–Crippen MR) is 62.1 cm³/mol. The standard InChI is InChI=1S/C6H6O2.C4H2O3.2CH4/c1-4-2-5(7)3-6(4)8;5-3-1-2-4(6)7-3;;/h1-3H2;1-2H;2*1H4. The summed E-state index contributed by atoms with van der Waals surface area (Å²) >= 11 is 0. The molecule has 1 fully saturated rings. The lowest BCUT2D eigenvalue weighted by Gasteiger charge is -1.80. The molecule has 5 heteroatoms. The van der Waals surface area contributed by atoms with E-state index in [-0.39, 0.29) is 39.3 Å². The summed E-state index contributed by atoms with van der Waals surface area (Å²) in [4.78, 5) is 40.7. The summed E-state index contributed by atoms with van der Waals surface area (Å²) in [6.07, 6.45) is 2.53. The highest BCUT2D eigenvalue weighted by atomic mass is 16.6. The molecule has 2 aliphatic rings. The van der Waals surface area contributed by atoms with Gasteiger partial charge in [0, 0.05) is 18.6 Å². The number of allylic oxidation sites excluding steroid dienone is 1. The van der Waals surface area contributed by atoms with Crippen molar-refractivity contribution in [2.24, 2.45) is 0 Å². The van der Waals surface area contributed by atoms with Crippen molar-refractivity contribution in [3.05, 3.63) is 24.3 Å². The molecule has 0 radical (unpaired) electrons. The van der Waals surface area contributed by atoms with Gasteiger partial charge < -0.3 is 4.74 Å². The van der Waals surface area contributed by atoms with Crippen LogP contribution in [0.2, 0.25) is 0 Å². The Labute approximate surface area is 100 Å². The van der Waals surface area contributed by atoms with Gasteiger partial charge in [-0.2, -0.15) is 0 Å². The lowest BCUT2D eigenvalue weighted by atomic mass is 10.2. The van der Waals surface area contributed by atoms with Crippen LogP contribution in [0.4, 0.5) is 0 Å². The summed E-state index contributed by atoms with van der Waals surface area (Å²) in [6, 6.07) is 0. The number of rotatable bonds is 0. The maximum absolute atomic E-state index is 10.5. The van der Waals surface area contributed by atoms with E-state index in [2.05, 4.69) is 11.3 Å². The Morgan fingerprint density at radius 2 is 1.41 bits per heavy atom. The van der Waals surface area contributed by atoms with Crippen LogP contribution >= 0.6 is 0 Å². The molecule has 0 atom stereocenters. The average Bonchev–Trinajstić information content (AvgIpc) is 2.61. The van der Waals surface area contributed by atoms with Crippen LogP contribution in [0, 0.1) is 0 Å². The second-order valence-electron chi connectivity index (χ2n) is 2.99. The van der Waals surface area contributed by atoms with Crippen molar-refractivity contribution in [2.75, 3.05) is 0 Å². The number of hydrogen-bond acceptors (Lipinski definition) is 5. The lowest BCUT2D eigenvalue weighted by Crippen LogP contribution is -1.96. The van der Waals surface area contributed by atoms with Crippen LogP contribution in [0.1, 0.15) is 27.7 Å². The Morgan fingerprint density at radius 1 is 0.941 bits per heavy atom. The fourth-order valence-electron chi connectivity index (χ4n) is 1.01. The molecule has 1 aliphatic carbocycles. The molecule has 2 rings (SSSR count). The summed E-state index contributed by atoms with van der Waals surface area (Å²) in [6.45, 7) is 3.42. The van der Waals surface area contributed by atoms with Crippen LogP contribution < -0.4 is 0 Å². The first kappa shape index (κ1) is 17.4. The SMILES string of the molecule is C.C.C=C1CC(=O)CC1=O.O=C1C=CC(=O)O1. The second kappa shape index (κ2) is 7.27. The van der Waals surface area contributed by atoms with E-state index in [1.54, 1.807) is 0 Å². The number of carbonyl (C=O) groups excluding carboxylic acids is 4. The predicted octanol–water partition coefficient (Wildman–Crippen LogP) is 1.37. The third-order valence-corrected chi connectivity index (χ3v) is 1.72. The Hall–Kier alpha value is -2.04. The van der Waals surface area contributed by atoms with Gasteiger partial charge in [-0.25, -0.2) is 9.59 Å². The van der Waals surface area contributed by atoms with E-state index >= 15 is 0 Å². The number of Topliss-reactive ketones (excluding diaryl/α,β-unsaturated/α-hetero) is 2. The maximum atomic E-state index is 10.5. The minimum Gasteiger partial charge on any atom is -0.387 e. The zero-order valence-corrected chi connectivity index (χ0v) is 7.82. The zero-order valence-electron chi connectivity index (χ0n) is 7.82. The fourth-order valence-corrected chi connectivity index (χ4v) is 1.01. The molecule has 0 spiro atoms. The third kappa shape index (κ3) is 5.55. The molecule has 0 amide bonds. The van der Waals surface area contributed by atoms with Crippen molar-refractivity contribution in [3.8, 4) is 0 Å². The average molecular weight is 240 g/mol. The van der Waals surface area contributed by atoms with Crippen LogP contribution in [-0.4, -0.2) is 23.5 Å². The van der Waals surface area contributed by atoms with Crippen molar-refractivity contribution in [2.45, 2.75) is 27.7 Å². The van der Waals surface area contributed by atoms with Crippen molar-refractivity contribution < 1.29 is 23.9 Å². The second-order valence-corrected chi connectivity index (χ2v) is 2.99. The molecule has 1 heterocycles. The summed E-state index contributed by atoms with van der Waals surface area (Å²) in [7, 11) is 0. The van der Waals surface area contributed by atoms with Gasteiger partial charge in [0.15, 0.2) is 5.78 Å². The zero-order chi connectivity index (χ0) is 11.4. The first-order valence-corrected chi connectivity index (χ1v) is 4.15. The molecule has 0 aromatic rings. The number of ketones is 2. The van der Waals surface area contributed by atoms with E-state index in [9.17, 15) is 19.2 Å². The molecular weight excluding hydrogens is 224 g/mol. The highest BCUT2D eigenvalue weighted by Crippen LogP contribution is 2.13. The fraction of sp³-hybridized carbons (Fsp3) is 0.333. The van der Waals surface area contributed by atoms with Crippen molar-refractivity contribution in [1.29, 1.82) is 0 Å². The summed E-state index contributed by atoms with van der Waals surface area (Å²) in [5.41, 5.74) is 0.468. The Bertz CT molecular complexity index is 356. The number of esters is 2. The van der Waals surface area contributed by atoms with Crippen LogP contribution in [0.3, 0.4) is 0 Å². The monoisotopic (exact) mass is 240 g/mol. The minimum absolute atomic E-state index is 0. The first-order chi connectivity index (χ1) is 6.99. The van der Waals surface area contributed by atoms with E-state index in [0.717, 1.165) is 12.2 Å². The molecule has 0 aromatic carbocycles. The molecule has 5 nitrogen and oxygen atoms in total. The summed E-state index contributed by atoms with van der Waals surface area (Å²) < 4.78 is 3.97. The van der Waals surface area contributed by atoms with Crippen LogP contribution in [0.15, 0.2) is 24.3 Å². The molecular formula is C12H16O5. The van der Waals surface area contributed by atoms with E-state index in [1.165, 1.54) is 0 Å². The minimum atomic E-state index is -0.579. The van der Waals surface area contributed by atoms with Gasteiger partial charge >= 0.3 is 11.9 Å². The molecule has 1 aliphatic heterocycles. The Balaban J connectivity index is 0. The summed E-state index contributed by atoms with van der Waals surface area (Å²) in [5.74, 6) is -1.25. The van der Waals surface area contributed by atoms with Gasteiger partial charge in [0.25, 0.3) is 0 Å².